The zero-order chi connectivity index (χ0) is 19.9. The number of hydrogen-bond donors (Lipinski definition) is 7. The fraction of sp³-hybridized carbons (Fsp3) is 0.118. The third-order valence-electron chi connectivity index (χ3n) is 3.97. The maximum atomic E-state index is 11.7. The van der Waals surface area contributed by atoms with Gasteiger partial charge in [0.2, 0.25) is 5.91 Å². The maximum Gasteiger partial charge on any atom is 0.246 e. The van der Waals surface area contributed by atoms with Crippen molar-refractivity contribution in [3.8, 4) is 28.7 Å². The van der Waals surface area contributed by atoms with Gasteiger partial charge in [-0.2, -0.15) is 0 Å². The molecule has 10 heteroatoms. The van der Waals surface area contributed by atoms with Gasteiger partial charge in [0.05, 0.1) is 16.5 Å². The SMILES string of the molecule is O=C(CC1(O)C=C(c2cc(O)c(O)c(Br)c2)Oc2cc(O)cc(O)c21)NO. The number of phenols is 4. The van der Waals surface area contributed by atoms with E-state index in [4.69, 9.17) is 9.94 Å². The second-order valence-corrected chi connectivity index (χ2v) is 6.76. The monoisotopic (exact) mass is 439 g/mol. The number of carbonyl (C=O) groups is 1. The van der Waals surface area contributed by atoms with Gasteiger partial charge in [0.1, 0.15) is 28.6 Å². The van der Waals surface area contributed by atoms with Gasteiger partial charge >= 0.3 is 0 Å². The molecule has 0 fully saturated rings. The third-order valence-corrected chi connectivity index (χ3v) is 4.58. The van der Waals surface area contributed by atoms with Crippen LogP contribution in [0.5, 0.6) is 28.7 Å². The number of carbonyl (C=O) groups excluding carboxylic acids is 1. The van der Waals surface area contributed by atoms with E-state index in [1.165, 1.54) is 11.5 Å². The molecule has 3 rings (SSSR count). The minimum Gasteiger partial charge on any atom is -0.508 e. The Hall–Kier alpha value is -2.95. The van der Waals surface area contributed by atoms with E-state index in [0.29, 0.717) is 0 Å². The van der Waals surface area contributed by atoms with Crippen LogP contribution in [-0.2, 0) is 10.4 Å². The van der Waals surface area contributed by atoms with Crippen LogP contribution in [0.2, 0.25) is 0 Å². The molecule has 1 heterocycles. The minimum atomic E-state index is -2.10. The van der Waals surface area contributed by atoms with Gasteiger partial charge in [0.15, 0.2) is 11.5 Å². The van der Waals surface area contributed by atoms with Crippen molar-refractivity contribution in [2.75, 3.05) is 0 Å². The molecule has 7 N–H and O–H groups in total. The smallest absolute Gasteiger partial charge is 0.246 e. The molecule has 27 heavy (non-hydrogen) atoms. The van der Waals surface area contributed by atoms with Gasteiger partial charge in [-0.15, -0.1) is 0 Å². The van der Waals surface area contributed by atoms with Crippen molar-refractivity contribution in [3.63, 3.8) is 0 Å². The summed E-state index contributed by atoms with van der Waals surface area (Å²) in [7, 11) is 0. The molecule has 1 amide bonds. The highest BCUT2D eigenvalue weighted by Crippen LogP contribution is 2.49. The maximum absolute atomic E-state index is 11.7. The number of amides is 1. The van der Waals surface area contributed by atoms with Gasteiger partial charge in [-0.3, -0.25) is 10.0 Å². The normalized spacial score (nSPS) is 18.3. The third kappa shape index (κ3) is 3.37. The summed E-state index contributed by atoms with van der Waals surface area (Å²) >= 11 is 3.07. The molecule has 0 bridgehead atoms. The van der Waals surface area contributed by atoms with Crippen molar-refractivity contribution >= 4 is 27.6 Å². The lowest BCUT2D eigenvalue weighted by Crippen LogP contribution is -2.34. The number of aliphatic hydroxyl groups is 1. The van der Waals surface area contributed by atoms with Crippen molar-refractivity contribution in [3.05, 3.63) is 45.9 Å². The molecule has 0 spiro atoms. The van der Waals surface area contributed by atoms with Crippen LogP contribution in [-0.4, -0.2) is 36.6 Å². The molecule has 2 aromatic rings. The predicted octanol–water partition coefficient (Wildman–Crippen LogP) is 1.79. The second-order valence-electron chi connectivity index (χ2n) is 5.91. The standard InChI is InChI=1S/C17H14BrNO8/c18-9-1-7(2-11(22)16(9)24)13-5-17(25,6-14(23)19-26)15-10(21)3-8(20)4-12(15)27-13/h1-5,20-22,24-26H,6H2,(H,19,23). The Morgan fingerprint density at radius 1 is 1.11 bits per heavy atom. The molecule has 2 aromatic carbocycles. The molecule has 1 aliphatic heterocycles. The molecule has 0 saturated carbocycles. The molecule has 1 atom stereocenters. The number of aromatic hydroxyl groups is 4. The van der Waals surface area contributed by atoms with Gasteiger partial charge in [0.25, 0.3) is 0 Å². The minimum absolute atomic E-state index is 0.0308. The number of nitrogens with one attached hydrogen (secondary N) is 1. The Kier molecular flexibility index (Phi) is 4.64. The fourth-order valence-electron chi connectivity index (χ4n) is 2.83. The molecule has 142 valence electrons. The van der Waals surface area contributed by atoms with Crippen LogP contribution in [0.15, 0.2) is 34.8 Å². The zero-order valence-corrected chi connectivity index (χ0v) is 15.1. The van der Waals surface area contributed by atoms with Gasteiger partial charge in [-0.05, 0) is 34.1 Å². The van der Waals surface area contributed by atoms with Crippen LogP contribution in [0.25, 0.3) is 5.76 Å². The number of halogens is 1. The average Bonchev–Trinajstić information content (AvgIpc) is 2.57. The summed E-state index contributed by atoms with van der Waals surface area (Å²) in [5.41, 5.74) is -0.674. The lowest BCUT2D eigenvalue weighted by molar-refractivity contribution is -0.133. The average molecular weight is 440 g/mol. The highest BCUT2D eigenvalue weighted by atomic mass is 79.9. The highest BCUT2D eigenvalue weighted by Gasteiger charge is 2.40. The summed E-state index contributed by atoms with van der Waals surface area (Å²) < 4.78 is 5.76. The van der Waals surface area contributed by atoms with E-state index >= 15 is 0 Å². The molecule has 1 aliphatic rings. The Balaban J connectivity index is 2.20. The number of hydrogen-bond acceptors (Lipinski definition) is 8. The summed E-state index contributed by atoms with van der Waals surface area (Å²) in [6.45, 7) is 0. The van der Waals surface area contributed by atoms with Gasteiger partial charge in [-0.1, -0.05) is 0 Å². The number of ether oxygens (including phenoxy) is 1. The van der Waals surface area contributed by atoms with E-state index in [9.17, 15) is 30.3 Å². The van der Waals surface area contributed by atoms with Crippen LogP contribution >= 0.6 is 15.9 Å². The van der Waals surface area contributed by atoms with Gasteiger partial charge in [-0.25, -0.2) is 5.48 Å². The van der Waals surface area contributed by atoms with E-state index in [1.54, 1.807) is 0 Å². The van der Waals surface area contributed by atoms with Crippen molar-refractivity contribution < 1.29 is 40.3 Å². The van der Waals surface area contributed by atoms with E-state index in [2.05, 4.69) is 15.9 Å². The van der Waals surface area contributed by atoms with Gasteiger partial charge in [0, 0.05) is 17.7 Å². The van der Waals surface area contributed by atoms with Crippen molar-refractivity contribution in [2.45, 2.75) is 12.0 Å². The first-order valence-corrected chi connectivity index (χ1v) is 8.28. The number of benzene rings is 2. The summed E-state index contributed by atoms with van der Waals surface area (Å²) in [6.07, 6.45) is 0.437. The van der Waals surface area contributed by atoms with Crippen molar-refractivity contribution in [1.82, 2.24) is 5.48 Å². The molecule has 0 aliphatic carbocycles. The first-order chi connectivity index (χ1) is 12.6. The summed E-state index contributed by atoms with van der Waals surface area (Å²) in [5, 5.41) is 59.1. The lowest BCUT2D eigenvalue weighted by atomic mass is 9.85. The van der Waals surface area contributed by atoms with Crippen molar-refractivity contribution in [2.24, 2.45) is 0 Å². The molecule has 1 unspecified atom stereocenters. The van der Waals surface area contributed by atoms with Crippen LogP contribution < -0.4 is 10.2 Å². The van der Waals surface area contributed by atoms with E-state index in [0.717, 1.165) is 24.3 Å². The first kappa shape index (κ1) is 18.8. The zero-order valence-electron chi connectivity index (χ0n) is 13.5. The molecular formula is C17H14BrNO8. The van der Waals surface area contributed by atoms with Crippen LogP contribution in [0, 0.1) is 0 Å². The molecule has 0 aromatic heterocycles. The van der Waals surface area contributed by atoms with Crippen LogP contribution in [0.1, 0.15) is 17.5 Å². The topological polar surface area (TPSA) is 160 Å². The van der Waals surface area contributed by atoms with E-state index < -0.39 is 35.2 Å². The molecule has 0 radical (unpaired) electrons. The van der Waals surface area contributed by atoms with Gasteiger partial charge < -0.3 is 30.3 Å². The lowest BCUT2D eigenvalue weighted by Gasteiger charge is -2.32. The molecular weight excluding hydrogens is 426 g/mol. The molecule has 9 nitrogen and oxygen atoms in total. The largest absolute Gasteiger partial charge is 0.508 e. The van der Waals surface area contributed by atoms with E-state index in [1.807, 2.05) is 0 Å². The Morgan fingerprint density at radius 3 is 2.44 bits per heavy atom. The summed E-state index contributed by atoms with van der Waals surface area (Å²) in [4.78, 5) is 11.7. The van der Waals surface area contributed by atoms with Crippen molar-refractivity contribution in [1.29, 1.82) is 0 Å². The first-order valence-electron chi connectivity index (χ1n) is 7.49. The quantitative estimate of drug-likeness (QED) is 0.216. The summed E-state index contributed by atoms with van der Waals surface area (Å²) in [6, 6.07) is 4.64. The molecule has 0 saturated heterocycles. The number of phenolic OH excluding ortho intramolecular Hbond substituents is 4. The predicted molar refractivity (Wildman–Crippen MR) is 94.3 cm³/mol. The van der Waals surface area contributed by atoms with Crippen LogP contribution in [0.3, 0.4) is 0 Å². The highest BCUT2D eigenvalue weighted by molar-refractivity contribution is 9.10. The second kappa shape index (κ2) is 6.65. The number of rotatable bonds is 3. The Morgan fingerprint density at radius 2 is 1.81 bits per heavy atom. The Labute approximate surface area is 160 Å². The number of hydroxylamine groups is 1. The number of fused-ring (bicyclic) bond motifs is 1. The summed E-state index contributed by atoms with van der Waals surface area (Å²) in [5.74, 6) is -2.85. The fourth-order valence-corrected chi connectivity index (χ4v) is 3.28. The van der Waals surface area contributed by atoms with E-state index in [-0.39, 0.29) is 32.9 Å². The van der Waals surface area contributed by atoms with Crippen LogP contribution in [0.4, 0.5) is 0 Å². The Bertz CT molecular complexity index is 951.